The predicted molar refractivity (Wildman–Crippen MR) is 114 cm³/mol. The first-order valence-corrected chi connectivity index (χ1v) is 10.1. The number of nitrogens with one attached hydrogen (secondary N) is 3. The highest BCUT2D eigenvalue weighted by Crippen LogP contribution is 2.04. The molecule has 0 spiro atoms. The summed E-state index contributed by atoms with van der Waals surface area (Å²) in [6, 6.07) is -6.12. The Kier molecular flexibility index (Phi) is 12.8. The third-order valence-corrected chi connectivity index (χ3v) is 4.47. The van der Waals surface area contributed by atoms with Crippen LogP contribution in [0.2, 0.25) is 0 Å². The highest BCUT2D eigenvalue weighted by atomic mass is 16.4. The highest BCUT2D eigenvalue weighted by molar-refractivity contribution is 5.96. The van der Waals surface area contributed by atoms with E-state index < -0.39 is 78.1 Å². The van der Waals surface area contributed by atoms with E-state index in [0.717, 1.165) is 0 Å². The number of hydrogen-bond acceptors (Lipinski definition) is 9. The first kappa shape index (κ1) is 30.2. The van der Waals surface area contributed by atoms with Crippen molar-refractivity contribution in [1.29, 1.82) is 0 Å². The minimum atomic E-state index is -1.67. The zero-order chi connectivity index (χ0) is 26.6. The number of rotatable bonds is 16. The van der Waals surface area contributed by atoms with Crippen LogP contribution in [0.5, 0.6) is 0 Å². The van der Waals surface area contributed by atoms with Gasteiger partial charge in [-0.2, -0.15) is 0 Å². The van der Waals surface area contributed by atoms with E-state index in [1.54, 1.807) is 0 Å². The maximum absolute atomic E-state index is 12.7. The molecule has 192 valence electrons. The zero-order valence-electron chi connectivity index (χ0n) is 18.5. The summed E-state index contributed by atoms with van der Waals surface area (Å²) in [4.78, 5) is 82.2. The second-order valence-electron chi connectivity index (χ2n) is 7.47. The van der Waals surface area contributed by atoms with Crippen LogP contribution < -0.4 is 38.9 Å². The van der Waals surface area contributed by atoms with Gasteiger partial charge in [0, 0.05) is 12.8 Å². The fourth-order valence-electron chi connectivity index (χ4n) is 2.54. The third-order valence-electron chi connectivity index (χ3n) is 4.47. The molecule has 0 fully saturated rings. The van der Waals surface area contributed by atoms with E-state index in [1.807, 2.05) is 0 Å². The Bertz CT molecular complexity index is 803. The van der Waals surface area contributed by atoms with Gasteiger partial charge in [0.2, 0.25) is 35.4 Å². The van der Waals surface area contributed by atoms with Gasteiger partial charge in [0.15, 0.2) is 0 Å². The molecule has 5 unspecified atom stereocenters. The highest BCUT2D eigenvalue weighted by Gasteiger charge is 2.32. The number of carbonyl (C=O) groups is 7. The molecule has 16 nitrogen and oxygen atoms in total. The molecule has 0 saturated heterocycles. The van der Waals surface area contributed by atoms with E-state index in [0.29, 0.717) is 0 Å². The maximum atomic E-state index is 12.7. The van der Waals surface area contributed by atoms with Crippen molar-refractivity contribution in [3.63, 3.8) is 0 Å². The van der Waals surface area contributed by atoms with Crippen LogP contribution in [0.1, 0.15) is 39.0 Å². The summed E-state index contributed by atoms with van der Waals surface area (Å²) in [5.41, 5.74) is 20.7. The minimum absolute atomic E-state index is 0.319. The average Bonchev–Trinajstić information content (AvgIpc) is 2.71. The molecule has 34 heavy (non-hydrogen) atoms. The number of carbonyl (C=O) groups excluding carboxylic acids is 6. The summed E-state index contributed by atoms with van der Waals surface area (Å²) in [6.45, 7) is 1.23. The van der Waals surface area contributed by atoms with E-state index in [1.165, 1.54) is 6.92 Å². The van der Waals surface area contributed by atoms with Gasteiger partial charge < -0.3 is 49.1 Å². The molecule has 0 saturated carbocycles. The smallest absolute Gasteiger partial charge is 0.326 e. The molecule has 0 aromatic carbocycles. The quantitative estimate of drug-likeness (QED) is 0.0990. The van der Waals surface area contributed by atoms with Crippen molar-refractivity contribution >= 4 is 41.4 Å². The monoisotopic (exact) mass is 489 g/mol. The lowest BCUT2D eigenvalue weighted by Crippen LogP contribution is -2.58. The first-order chi connectivity index (χ1) is 15.6. The number of carboxylic acid groups (broad SMARTS) is 1. The zero-order valence-corrected chi connectivity index (χ0v) is 18.5. The minimum Gasteiger partial charge on any atom is -0.480 e. The number of amides is 6. The standard InChI is InChI=1S/C18H31N7O9/c1-7(26)14(22)17(32)23-8(2-4-11(19)27)15(30)25-10(6-13(21)29)16(31)24-9(18(33)34)3-5-12(20)28/h7-10,14,26H,2-6,22H2,1H3,(H2,19,27)(H2,20,28)(H2,21,29)(H,23,32)(H,24,31)(H,25,30)(H,33,34). The molecule has 13 N–H and O–H groups in total. The predicted octanol–water partition coefficient (Wildman–Crippen LogP) is -5.36. The molecule has 16 heteroatoms. The van der Waals surface area contributed by atoms with Crippen molar-refractivity contribution in [2.75, 3.05) is 0 Å². The second kappa shape index (κ2) is 14.4. The number of aliphatic carboxylic acids is 1. The molecule has 6 amide bonds. The van der Waals surface area contributed by atoms with E-state index in [4.69, 9.17) is 22.9 Å². The molecule has 0 aliphatic rings. The first-order valence-electron chi connectivity index (χ1n) is 10.1. The van der Waals surface area contributed by atoms with E-state index >= 15 is 0 Å². The summed E-state index contributed by atoms with van der Waals surface area (Å²) < 4.78 is 0. The molecule has 0 aliphatic heterocycles. The normalized spacial score (nSPS) is 15.0. The number of nitrogens with two attached hydrogens (primary N) is 4. The molecule has 0 heterocycles. The third kappa shape index (κ3) is 11.7. The Hall–Kier alpha value is -3.79. The molecule has 0 aromatic rings. The molecule has 0 radical (unpaired) electrons. The summed E-state index contributed by atoms with van der Waals surface area (Å²) >= 11 is 0. The van der Waals surface area contributed by atoms with Gasteiger partial charge in [0.05, 0.1) is 12.5 Å². The Balaban J connectivity index is 5.59. The van der Waals surface area contributed by atoms with Crippen molar-refractivity contribution in [3.8, 4) is 0 Å². The Morgan fingerprint density at radius 1 is 0.706 bits per heavy atom. The van der Waals surface area contributed by atoms with Crippen molar-refractivity contribution in [3.05, 3.63) is 0 Å². The lowest BCUT2D eigenvalue weighted by atomic mass is 10.1. The number of aliphatic hydroxyl groups excluding tert-OH is 1. The van der Waals surface area contributed by atoms with E-state index in [-0.39, 0.29) is 25.7 Å². The molecule has 0 bridgehead atoms. The number of primary amides is 3. The Labute approximate surface area is 194 Å². The fraction of sp³-hybridized carbons (Fsp3) is 0.611. The SMILES string of the molecule is CC(O)C(N)C(=O)NC(CCC(N)=O)C(=O)NC(CC(N)=O)C(=O)NC(CCC(N)=O)C(=O)O. The van der Waals surface area contributed by atoms with Crippen molar-refractivity contribution in [2.24, 2.45) is 22.9 Å². The second-order valence-corrected chi connectivity index (χ2v) is 7.47. The topological polar surface area (TPSA) is 300 Å². The summed E-state index contributed by atoms with van der Waals surface area (Å²) in [5, 5.41) is 25.1. The van der Waals surface area contributed by atoms with E-state index in [2.05, 4.69) is 16.0 Å². The van der Waals surface area contributed by atoms with Gasteiger partial charge in [-0.1, -0.05) is 0 Å². The van der Waals surface area contributed by atoms with Crippen molar-refractivity contribution in [1.82, 2.24) is 16.0 Å². The molecule has 5 atom stereocenters. The van der Waals surface area contributed by atoms with Crippen LogP contribution in [0.4, 0.5) is 0 Å². The van der Waals surface area contributed by atoms with E-state index in [9.17, 15) is 43.8 Å². The largest absolute Gasteiger partial charge is 0.480 e. The van der Waals surface area contributed by atoms with Crippen LogP contribution in [0.15, 0.2) is 0 Å². The molecular formula is C18H31N7O9. The van der Waals surface area contributed by atoms with Crippen LogP contribution in [0, 0.1) is 0 Å². The van der Waals surface area contributed by atoms with Gasteiger partial charge in [0.25, 0.3) is 0 Å². The van der Waals surface area contributed by atoms with Gasteiger partial charge in [0.1, 0.15) is 24.2 Å². The van der Waals surface area contributed by atoms with Crippen LogP contribution in [-0.2, 0) is 33.6 Å². The summed E-state index contributed by atoms with van der Waals surface area (Å²) in [6.07, 6.45) is -3.42. The molecule has 0 aromatic heterocycles. The molecule has 0 aliphatic carbocycles. The number of hydrogen-bond donors (Lipinski definition) is 9. The van der Waals surface area contributed by atoms with Gasteiger partial charge in [-0.05, 0) is 19.8 Å². The van der Waals surface area contributed by atoms with Gasteiger partial charge >= 0.3 is 5.97 Å². The maximum Gasteiger partial charge on any atom is 0.326 e. The van der Waals surface area contributed by atoms with Crippen LogP contribution >= 0.6 is 0 Å². The van der Waals surface area contributed by atoms with Crippen LogP contribution in [0.3, 0.4) is 0 Å². The lowest BCUT2D eigenvalue weighted by molar-refractivity contribution is -0.142. The van der Waals surface area contributed by atoms with Gasteiger partial charge in [-0.15, -0.1) is 0 Å². The number of aliphatic hydroxyl groups is 1. The fourth-order valence-corrected chi connectivity index (χ4v) is 2.54. The lowest BCUT2D eigenvalue weighted by Gasteiger charge is -2.25. The van der Waals surface area contributed by atoms with Gasteiger partial charge in [-0.3, -0.25) is 28.8 Å². The Morgan fingerprint density at radius 2 is 1.12 bits per heavy atom. The molecular weight excluding hydrogens is 458 g/mol. The Morgan fingerprint density at radius 3 is 1.53 bits per heavy atom. The van der Waals surface area contributed by atoms with Crippen LogP contribution in [0.25, 0.3) is 0 Å². The van der Waals surface area contributed by atoms with Crippen molar-refractivity contribution in [2.45, 2.75) is 69.3 Å². The summed E-state index contributed by atoms with van der Waals surface area (Å²) in [7, 11) is 0. The summed E-state index contributed by atoms with van der Waals surface area (Å²) in [5.74, 6) is -7.27. The van der Waals surface area contributed by atoms with Gasteiger partial charge in [-0.25, -0.2) is 4.79 Å². The molecule has 0 rings (SSSR count). The van der Waals surface area contributed by atoms with Crippen molar-refractivity contribution < 1.29 is 43.8 Å². The number of carboxylic acids is 1. The average molecular weight is 489 g/mol. The van der Waals surface area contributed by atoms with Crippen LogP contribution in [-0.4, -0.2) is 81.9 Å².